The van der Waals surface area contributed by atoms with E-state index in [4.69, 9.17) is 17.0 Å². The molecule has 0 saturated heterocycles. The second kappa shape index (κ2) is 14.7. The Morgan fingerprint density at radius 3 is 1.45 bits per heavy atom. The molecule has 3 heteroatoms. The number of rotatable bonds is 3. The molecular weight excluding hydrogens is 631 g/mol. The van der Waals surface area contributed by atoms with Gasteiger partial charge in [-0.25, -0.2) is 0 Å². The molecule has 0 unspecified atom stereocenters. The van der Waals surface area contributed by atoms with Gasteiger partial charge in [-0.05, 0) is 13.8 Å². The van der Waals surface area contributed by atoms with E-state index in [-0.39, 0.29) is 0 Å². The summed E-state index contributed by atoms with van der Waals surface area (Å²) in [6.07, 6.45) is 0. The van der Waals surface area contributed by atoms with Crippen molar-refractivity contribution >= 4 is 41.8 Å². The van der Waals surface area contributed by atoms with Crippen molar-refractivity contribution in [1.82, 2.24) is 0 Å². The van der Waals surface area contributed by atoms with Crippen LogP contribution in [0.5, 0.6) is 0 Å². The van der Waals surface area contributed by atoms with Gasteiger partial charge in [-0.2, -0.15) is 18.2 Å². The van der Waals surface area contributed by atoms with Gasteiger partial charge in [0, 0.05) is 0 Å². The largest absolute Gasteiger partial charge is 0.126 e. The SMILES string of the molecule is Cc1cccc(C)c1-c1ccc[cH-]1.[Cl][Zr]([Cl])=[C](c1ccccc1)c1ccccc1.c1ccc2c(c1)[cH-]c1ccccc12. The van der Waals surface area contributed by atoms with Crippen LogP contribution in [-0.2, 0) is 18.9 Å². The monoisotopic (exact) mass is 660 g/mol. The Morgan fingerprint density at radius 1 is 0.524 bits per heavy atom. The molecule has 0 radical (unpaired) electrons. The van der Waals surface area contributed by atoms with Crippen molar-refractivity contribution in [1.29, 1.82) is 0 Å². The fraction of sp³-hybridized carbons (Fsp3) is 0.0513. The second-order valence-electron chi connectivity index (χ2n) is 10.1. The van der Waals surface area contributed by atoms with E-state index in [2.05, 4.69) is 135 Å². The Labute approximate surface area is 263 Å². The third-order valence-electron chi connectivity index (χ3n) is 7.27. The summed E-state index contributed by atoms with van der Waals surface area (Å²) in [7, 11) is 12.5. The van der Waals surface area contributed by atoms with E-state index in [1.54, 1.807) is 0 Å². The van der Waals surface area contributed by atoms with E-state index in [9.17, 15) is 0 Å². The van der Waals surface area contributed by atoms with Crippen LogP contribution in [0.4, 0.5) is 0 Å². The van der Waals surface area contributed by atoms with Gasteiger partial charge in [-0.3, -0.25) is 0 Å². The van der Waals surface area contributed by atoms with Crippen molar-refractivity contribution in [2.45, 2.75) is 13.8 Å². The van der Waals surface area contributed by atoms with E-state index in [1.165, 1.54) is 43.8 Å². The van der Waals surface area contributed by atoms with Gasteiger partial charge in [-0.1, -0.05) is 71.3 Å². The fourth-order valence-electron chi connectivity index (χ4n) is 5.31. The fourth-order valence-corrected chi connectivity index (χ4v) is 9.78. The molecule has 0 aliphatic heterocycles. The summed E-state index contributed by atoms with van der Waals surface area (Å²) >= 11 is -2.44. The Balaban J connectivity index is 0.000000127. The van der Waals surface area contributed by atoms with E-state index < -0.39 is 18.9 Å². The second-order valence-corrected chi connectivity index (χ2v) is 18.3. The van der Waals surface area contributed by atoms with E-state index in [0.29, 0.717) is 0 Å². The van der Waals surface area contributed by atoms with Gasteiger partial charge in [0.15, 0.2) is 0 Å². The Bertz CT molecular complexity index is 1780. The predicted molar refractivity (Wildman–Crippen MR) is 182 cm³/mol. The maximum Gasteiger partial charge on any atom is -0.0771 e. The molecule has 0 heterocycles. The molecule has 0 N–H and O–H groups in total. The topological polar surface area (TPSA) is 0 Å². The van der Waals surface area contributed by atoms with Gasteiger partial charge in [0.25, 0.3) is 0 Å². The van der Waals surface area contributed by atoms with Crippen LogP contribution < -0.4 is 0 Å². The zero-order chi connectivity index (χ0) is 29.3. The molecule has 42 heavy (non-hydrogen) atoms. The first kappa shape index (κ1) is 30.1. The summed E-state index contributed by atoms with van der Waals surface area (Å²) in [6, 6.07) is 54.5. The average Bonchev–Trinajstić information content (AvgIpc) is 3.67. The standard InChI is InChI=1S/C13H9.C13H13.C13H10.2ClH.Zr/c1-3-7-12-10(5-1)9-11-6-2-4-8-13(11)12;1-10-6-5-7-11(2)13(10)12-8-3-4-9-12;1-3-7-12(8-4-1)11-13-9-5-2-6-10-13;;;/h1-9H;3-9H,1-2H3;1-10H;2*1H;/q2*-1;;;;+2/p-2. The first-order valence-corrected chi connectivity index (χ1v) is 21.6. The van der Waals surface area contributed by atoms with Crippen LogP contribution in [0.3, 0.4) is 0 Å². The number of hydrogen-bond acceptors (Lipinski definition) is 0. The molecule has 0 aliphatic rings. The summed E-state index contributed by atoms with van der Waals surface area (Å²) in [5.41, 5.74) is 7.71. The first-order valence-electron chi connectivity index (χ1n) is 14.0. The van der Waals surface area contributed by atoms with Gasteiger partial charge in [0.05, 0.1) is 0 Å². The van der Waals surface area contributed by atoms with Gasteiger partial charge in [0.2, 0.25) is 0 Å². The van der Waals surface area contributed by atoms with E-state index in [0.717, 1.165) is 14.3 Å². The van der Waals surface area contributed by atoms with Crippen molar-refractivity contribution in [3.63, 3.8) is 0 Å². The van der Waals surface area contributed by atoms with Gasteiger partial charge >= 0.3 is 111 Å². The molecule has 0 aliphatic carbocycles. The first-order chi connectivity index (χ1) is 20.5. The number of halogens is 2. The van der Waals surface area contributed by atoms with Gasteiger partial charge < -0.3 is 0 Å². The summed E-state index contributed by atoms with van der Waals surface area (Å²) in [6.45, 7) is 4.32. The molecule has 7 aromatic carbocycles. The zero-order valence-electron chi connectivity index (χ0n) is 23.8. The van der Waals surface area contributed by atoms with Crippen LogP contribution >= 0.6 is 17.0 Å². The van der Waals surface area contributed by atoms with Crippen LogP contribution in [0.2, 0.25) is 0 Å². The van der Waals surface area contributed by atoms with E-state index in [1.807, 2.05) is 36.4 Å². The van der Waals surface area contributed by atoms with Crippen molar-refractivity contribution in [2.24, 2.45) is 0 Å². The number of hydrogen-bond donors (Lipinski definition) is 0. The Hall–Kier alpha value is -3.35. The average molecular weight is 663 g/mol. The normalized spacial score (nSPS) is 10.4. The molecule has 0 aromatic heterocycles. The molecule has 0 atom stereocenters. The van der Waals surface area contributed by atoms with Crippen LogP contribution in [0.15, 0.2) is 158 Å². The third kappa shape index (κ3) is 7.34. The number of fused-ring (bicyclic) bond motifs is 3. The number of aryl methyl sites for hydroxylation is 2. The van der Waals surface area contributed by atoms with Crippen LogP contribution in [0, 0.1) is 13.8 Å². The van der Waals surface area contributed by atoms with Crippen molar-refractivity contribution in [3.05, 3.63) is 180 Å². The summed E-state index contributed by atoms with van der Waals surface area (Å²) in [4.78, 5) is 0. The quantitative estimate of drug-likeness (QED) is 0.165. The van der Waals surface area contributed by atoms with Crippen LogP contribution in [-0.4, -0.2) is 3.21 Å². The molecule has 7 aromatic rings. The summed E-state index contributed by atoms with van der Waals surface area (Å²) in [5.74, 6) is 0. The maximum absolute atomic E-state index is 6.24. The molecule has 0 spiro atoms. The molecule has 0 bridgehead atoms. The molecular formula is C39H32Cl2Zr-2. The molecule has 0 saturated carbocycles. The molecule has 0 fully saturated rings. The molecule has 0 nitrogen and oxygen atoms in total. The predicted octanol–water partition coefficient (Wildman–Crippen LogP) is 11.6. The van der Waals surface area contributed by atoms with Crippen molar-refractivity contribution in [2.75, 3.05) is 0 Å². The Kier molecular flexibility index (Phi) is 10.5. The minimum Gasteiger partial charge on any atom is -0.126 e. The smallest absolute Gasteiger partial charge is 0.0771 e. The molecule has 7 rings (SSSR count). The minimum absolute atomic E-state index is 1.15. The van der Waals surface area contributed by atoms with E-state index >= 15 is 0 Å². The summed E-state index contributed by atoms with van der Waals surface area (Å²) in [5, 5.41) is 5.39. The summed E-state index contributed by atoms with van der Waals surface area (Å²) < 4.78 is 1.15. The van der Waals surface area contributed by atoms with Crippen molar-refractivity contribution in [3.8, 4) is 11.1 Å². The minimum atomic E-state index is -2.44. The zero-order valence-corrected chi connectivity index (χ0v) is 27.7. The van der Waals surface area contributed by atoms with Crippen LogP contribution in [0.25, 0.3) is 32.7 Å². The Morgan fingerprint density at radius 2 is 1.00 bits per heavy atom. The number of benzene rings is 5. The van der Waals surface area contributed by atoms with Crippen molar-refractivity contribution < 1.29 is 18.9 Å². The van der Waals surface area contributed by atoms with Gasteiger partial charge in [0.1, 0.15) is 0 Å². The van der Waals surface area contributed by atoms with Crippen LogP contribution in [0.1, 0.15) is 22.3 Å². The van der Waals surface area contributed by atoms with Gasteiger partial charge in [-0.15, -0.1) is 51.4 Å². The maximum atomic E-state index is 6.24. The molecule has 208 valence electrons. The molecule has 0 amide bonds. The third-order valence-corrected chi connectivity index (χ3v) is 11.9.